The molecule has 1 aromatic carbocycles. The van der Waals surface area contributed by atoms with Crippen LogP contribution in [0, 0.1) is 5.41 Å². The second-order valence-corrected chi connectivity index (χ2v) is 8.88. The smallest absolute Gasteiger partial charge is 0.248 e. The molecule has 1 aliphatic heterocycles. The molecule has 0 spiro atoms. The van der Waals surface area contributed by atoms with Gasteiger partial charge < -0.3 is 9.80 Å². The van der Waals surface area contributed by atoms with Gasteiger partial charge in [-0.25, -0.2) is 0 Å². The Morgan fingerprint density at radius 3 is 2.57 bits per heavy atom. The van der Waals surface area contributed by atoms with Crippen molar-refractivity contribution >= 4 is 35.0 Å². The molecule has 0 saturated carbocycles. The molecule has 0 N–H and O–H groups in total. The van der Waals surface area contributed by atoms with Crippen LogP contribution in [0.2, 0.25) is 5.02 Å². The van der Waals surface area contributed by atoms with E-state index in [2.05, 4.69) is 6.92 Å². The van der Waals surface area contributed by atoms with E-state index >= 15 is 0 Å². The van der Waals surface area contributed by atoms with E-state index in [-0.39, 0.29) is 42.9 Å². The summed E-state index contributed by atoms with van der Waals surface area (Å²) in [7, 11) is 0. The van der Waals surface area contributed by atoms with Gasteiger partial charge >= 0.3 is 0 Å². The third-order valence-corrected chi connectivity index (χ3v) is 4.79. The molecule has 2 rings (SSSR count). The highest BCUT2D eigenvalue weighted by atomic mass is 35.5. The van der Waals surface area contributed by atoms with Crippen molar-refractivity contribution in [3.8, 4) is 0 Å². The summed E-state index contributed by atoms with van der Waals surface area (Å²) in [6, 6.07) is 7.00. The van der Waals surface area contributed by atoms with E-state index in [9.17, 15) is 14.4 Å². The summed E-state index contributed by atoms with van der Waals surface area (Å²) >= 11 is 6.01. The van der Waals surface area contributed by atoms with E-state index in [0.29, 0.717) is 23.7 Å². The maximum absolute atomic E-state index is 12.8. The number of unbranched alkanes of at least 4 members (excludes halogenated alkanes) is 1. The van der Waals surface area contributed by atoms with Gasteiger partial charge in [0, 0.05) is 23.7 Å². The zero-order chi connectivity index (χ0) is 20.9. The second-order valence-electron chi connectivity index (χ2n) is 8.44. The average Bonchev–Trinajstić information content (AvgIpc) is 2.98. The molecule has 3 amide bonds. The van der Waals surface area contributed by atoms with Gasteiger partial charge in [0.1, 0.15) is 13.2 Å². The minimum Gasteiger partial charge on any atom is -0.333 e. The summed E-state index contributed by atoms with van der Waals surface area (Å²) in [6.07, 6.45) is 2.17. The van der Waals surface area contributed by atoms with E-state index in [0.717, 1.165) is 12.8 Å². The molecule has 0 aromatic heterocycles. The Morgan fingerprint density at radius 2 is 1.96 bits per heavy atom. The van der Waals surface area contributed by atoms with Gasteiger partial charge in [-0.05, 0) is 30.0 Å². The molecule has 0 radical (unpaired) electrons. The predicted octanol–water partition coefficient (Wildman–Crippen LogP) is 3.54. The zero-order valence-corrected chi connectivity index (χ0v) is 18.0. The highest BCUT2D eigenvalue weighted by Gasteiger charge is 2.33. The summed E-state index contributed by atoms with van der Waals surface area (Å²) in [5.41, 5.74) is 0.525. The van der Waals surface area contributed by atoms with Crippen molar-refractivity contribution in [1.29, 1.82) is 0 Å². The Balaban J connectivity index is 2.04. The van der Waals surface area contributed by atoms with Crippen LogP contribution in [0.25, 0.3) is 0 Å². The lowest BCUT2D eigenvalue weighted by Crippen LogP contribution is -2.44. The van der Waals surface area contributed by atoms with E-state index < -0.39 is 0 Å². The quantitative estimate of drug-likeness (QED) is 0.694. The zero-order valence-electron chi connectivity index (χ0n) is 17.2. The van der Waals surface area contributed by atoms with Crippen LogP contribution in [0.5, 0.6) is 0 Å². The molecule has 1 aromatic rings. The molecule has 1 saturated heterocycles. The SMILES string of the molecule is CCCCN(CC(=O)N1CC(=O)N(c2cccc(Cl)c2)C1)C(=O)CC(C)(C)C. The molecule has 154 valence electrons. The van der Waals surface area contributed by atoms with Gasteiger partial charge in [0.05, 0.1) is 6.54 Å². The normalized spacial score (nSPS) is 14.5. The number of carbonyl (C=O) groups excluding carboxylic acids is 3. The van der Waals surface area contributed by atoms with Crippen LogP contribution in [-0.2, 0) is 14.4 Å². The maximum atomic E-state index is 12.8. The van der Waals surface area contributed by atoms with Gasteiger partial charge in [-0.2, -0.15) is 0 Å². The lowest BCUT2D eigenvalue weighted by molar-refractivity contribution is -0.141. The highest BCUT2D eigenvalue weighted by molar-refractivity contribution is 6.31. The van der Waals surface area contributed by atoms with Gasteiger partial charge in [0.25, 0.3) is 0 Å². The first-order chi connectivity index (χ1) is 13.1. The predicted molar refractivity (Wildman–Crippen MR) is 111 cm³/mol. The Hall–Kier alpha value is -2.08. The van der Waals surface area contributed by atoms with Gasteiger partial charge in [0.2, 0.25) is 17.7 Å². The standard InChI is InChI=1S/C21H30ClN3O3/c1-5-6-10-23(18(26)12-21(2,3)4)13-19(27)24-14-20(28)25(15-24)17-9-7-8-16(22)11-17/h7-9,11H,5-6,10,12-15H2,1-4H3. The molecule has 0 aliphatic carbocycles. The number of amides is 3. The van der Waals surface area contributed by atoms with Crippen molar-refractivity contribution in [2.75, 3.05) is 31.2 Å². The number of rotatable bonds is 7. The van der Waals surface area contributed by atoms with Crippen molar-refractivity contribution in [2.24, 2.45) is 5.41 Å². The van der Waals surface area contributed by atoms with Crippen LogP contribution >= 0.6 is 11.6 Å². The maximum Gasteiger partial charge on any atom is 0.248 e. The fourth-order valence-electron chi connectivity index (χ4n) is 3.05. The highest BCUT2D eigenvalue weighted by Crippen LogP contribution is 2.23. The van der Waals surface area contributed by atoms with Crippen LogP contribution in [0.1, 0.15) is 47.0 Å². The number of halogens is 1. The Labute approximate surface area is 172 Å². The minimum absolute atomic E-state index is 0.00553. The molecule has 7 heteroatoms. The van der Waals surface area contributed by atoms with Crippen LogP contribution in [0.4, 0.5) is 5.69 Å². The number of carbonyl (C=O) groups is 3. The number of hydrogen-bond acceptors (Lipinski definition) is 3. The van der Waals surface area contributed by atoms with Gasteiger partial charge in [-0.15, -0.1) is 0 Å². The van der Waals surface area contributed by atoms with Crippen LogP contribution in [0.3, 0.4) is 0 Å². The monoisotopic (exact) mass is 407 g/mol. The molecule has 6 nitrogen and oxygen atoms in total. The third-order valence-electron chi connectivity index (χ3n) is 4.55. The molecule has 0 atom stereocenters. The topological polar surface area (TPSA) is 60.9 Å². The Bertz CT molecular complexity index is 730. The fraction of sp³-hybridized carbons (Fsp3) is 0.571. The molecular weight excluding hydrogens is 378 g/mol. The van der Waals surface area contributed by atoms with E-state index in [1.807, 2.05) is 20.8 Å². The van der Waals surface area contributed by atoms with Crippen molar-refractivity contribution in [2.45, 2.75) is 47.0 Å². The van der Waals surface area contributed by atoms with Crippen molar-refractivity contribution in [3.63, 3.8) is 0 Å². The number of nitrogens with zero attached hydrogens (tertiary/aromatic N) is 3. The minimum atomic E-state index is -0.212. The average molecular weight is 408 g/mol. The Morgan fingerprint density at radius 1 is 1.25 bits per heavy atom. The van der Waals surface area contributed by atoms with Crippen LogP contribution < -0.4 is 4.90 Å². The summed E-state index contributed by atoms with van der Waals surface area (Å²) in [5, 5.41) is 0.536. The van der Waals surface area contributed by atoms with Gasteiger partial charge in [-0.1, -0.05) is 51.8 Å². The number of anilines is 1. The molecule has 0 bridgehead atoms. The van der Waals surface area contributed by atoms with Crippen molar-refractivity contribution in [3.05, 3.63) is 29.3 Å². The number of benzene rings is 1. The molecule has 0 unspecified atom stereocenters. The number of hydrogen-bond donors (Lipinski definition) is 0. The third kappa shape index (κ3) is 6.23. The van der Waals surface area contributed by atoms with Crippen LogP contribution in [-0.4, -0.2) is 53.8 Å². The summed E-state index contributed by atoms with van der Waals surface area (Å²) < 4.78 is 0. The Kier molecular flexibility index (Phi) is 7.47. The van der Waals surface area contributed by atoms with Crippen molar-refractivity contribution in [1.82, 2.24) is 9.80 Å². The molecule has 1 fully saturated rings. The van der Waals surface area contributed by atoms with Crippen LogP contribution in [0.15, 0.2) is 24.3 Å². The molecule has 1 aliphatic rings. The lowest BCUT2D eigenvalue weighted by Gasteiger charge is -2.28. The van der Waals surface area contributed by atoms with Gasteiger partial charge in [-0.3, -0.25) is 19.3 Å². The van der Waals surface area contributed by atoms with E-state index in [1.165, 1.54) is 9.80 Å². The first-order valence-electron chi connectivity index (χ1n) is 9.72. The molecule has 1 heterocycles. The molecule has 28 heavy (non-hydrogen) atoms. The first-order valence-corrected chi connectivity index (χ1v) is 10.1. The van der Waals surface area contributed by atoms with E-state index in [4.69, 9.17) is 11.6 Å². The van der Waals surface area contributed by atoms with Gasteiger partial charge in [0.15, 0.2) is 0 Å². The lowest BCUT2D eigenvalue weighted by atomic mass is 9.91. The summed E-state index contributed by atoms with van der Waals surface area (Å²) in [6.45, 7) is 8.82. The second kappa shape index (κ2) is 9.41. The first kappa shape index (κ1) is 22.2. The summed E-state index contributed by atoms with van der Waals surface area (Å²) in [4.78, 5) is 42.5. The summed E-state index contributed by atoms with van der Waals surface area (Å²) in [5.74, 6) is -0.389. The largest absolute Gasteiger partial charge is 0.333 e. The molecular formula is C21H30ClN3O3. The fourth-order valence-corrected chi connectivity index (χ4v) is 3.24. The van der Waals surface area contributed by atoms with Crippen molar-refractivity contribution < 1.29 is 14.4 Å². The van der Waals surface area contributed by atoms with E-state index in [1.54, 1.807) is 29.2 Å².